The molecule has 2 rings (SSSR count). The van der Waals surface area contributed by atoms with Crippen molar-refractivity contribution in [2.24, 2.45) is 0 Å². The number of esters is 1. The van der Waals surface area contributed by atoms with Gasteiger partial charge in [0, 0.05) is 5.56 Å². The second-order valence-corrected chi connectivity index (χ2v) is 11.0. The summed E-state index contributed by atoms with van der Waals surface area (Å²) in [6, 6.07) is 3.13. The van der Waals surface area contributed by atoms with E-state index in [-0.39, 0.29) is 17.1 Å². The molecule has 1 atom stereocenters. The maximum absolute atomic E-state index is 14.9. The zero-order valence-electron chi connectivity index (χ0n) is 26.3. The summed E-state index contributed by atoms with van der Waals surface area (Å²) in [6.07, 6.45) is -8.79. The number of benzene rings is 1. The van der Waals surface area contributed by atoms with Crippen LogP contribution in [-0.2, 0) is 9.53 Å². The molecule has 0 bridgehead atoms. The number of nitrogens with zero attached hydrogens (tertiary/aromatic N) is 2. The van der Waals surface area contributed by atoms with Crippen LogP contribution in [0.25, 0.3) is 11.4 Å². The Bertz CT molecular complexity index is 1450. The van der Waals surface area contributed by atoms with Crippen LogP contribution in [0.2, 0.25) is 0 Å². The third-order valence-electron chi connectivity index (χ3n) is 7.04. The van der Waals surface area contributed by atoms with Gasteiger partial charge in [-0.05, 0) is 30.7 Å². The summed E-state index contributed by atoms with van der Waals surface area (Å²) in [6.45, 7) is -0.200. The molecule has 1 aromatic carbocycles. The topological polar surface area (TPSA) is 70.5 Å². The van der Waals surface area contributed by atoms with Crippen molar-refractivity contribution in [2.75, 3.05) is 13.2 Å². The van der Waals surface area contributed by atoms with Crippen molar-refractivity contribution in [1.82, 2.24) is 9.97 Å². The number of rotatable bonds is 19. The molecule has 0 aliphatic carbocycles. The highest BCUT2D eigenvalue weighted by Crippen LogP contribution is 2.60. The lowest BCUT2D eigenvalue weighted by Gasteiger charge is -2.39. The molecule has 0 fully saturated rings. The summed E-state index contributed by atoms with van der Waals surface area (Å²) in [5.41, 5.74) is 0.0763. The molecule has 0 amide bonds. The second-order valence-electron chi connectivity index (χ2n) is 11.0. The number of carbonyl (C=O) groups excluding carboxylic acids is 1. The number of hydrogen-bond donors (Lipinski definition) is 0. The summed E-state index contributed by atoms with van der Waals surface area (Å²) < 4.78 is 240. The van der Waals surface area contributed by atoms with Crippen molar-refractivity contribution < 1.29 is 93.6 Å². The third-order valence-corrected chi connectivity index (χ3v) is 7.04. The van der Waals surface area contributed by atoms with Gasteiger partial charge in [0.25, 0.3) is 0 Å². The molecule has 1 aromatic heterocycles. The van der Waals surface area contributed by atoms with Crippen LogP contribution in [0.4, 0.5) is 74.6 Å². The first kappa shape index (κ1) is 44.3. The number of aromatic nitrogens is 2. The predicted octanol–water partition coefficient (Wildman–Crippen LogP) is 10.2. The minimum atomic E-state index is -8.23. The first-order chi connectivity index (χ1) is 23.6. The molecule has 2 aromatic rings. The Morgan fingerprint density at radius 2 is 1.10 bits per heavy atom. The molecule has 296 valence electrons. The normalized spacial score (nSPS) is 14.9. The Balaban J connectivity index is 2.12. The fourth-order valence-electron chi connectivity index (χ4n) is 3.99. The first-order valence-corrected chi connectivity index (χ1v) is 14.7. The molecule has 0 radical (unpaired) electrons. The Morgan fingerprint density at radius 1 is 0.596 bits per heavy atom. The second kappa shape index (κ2) is 16.0. The van der Waals surface area contributed by atoms with Gasteiger partial charge in [-0.3, -0.25) is 0 Å². The molecule has 23 heteroatoms. The van der Waals surface area contributed by atoms with E-state index in [1.807, 2.05) is 0 Å². The van der Waals surface area contributed by atoms with Gasteiger partial charge in [-0.25, -0.2) is 14.8 Å². The van der Waals surface area contributed by atoms with Gasteiger partial charge < -0.3 is 14.2 Å². The van der Waals surface area contributed by atoms with Gasteiger partial charge in [-0.1, -0.05) is 39.0 Å². The summed E-state index contributed by atoms with van der Waals surface area (Å²) >= 11 is 0. The number of unbranched alkanes of at least 4 members (excludes halogenated alkanes) is 5. The van der Waals surface area contributed by atoms with Crippen LogP contribution in [0.3, 0.4) is 0 Å². The molecule has 0 saturated heterocycles. The van der Waals surface area contributed by atoms with Crippen LogP contribution in [0, 0.1) is 0 Å². The zero-order chi connectivity index (χ0) is 40.0. The summed E-state index contributed by atoms with van der Waals surface area (Å²) in [4.78, 5) is 19.9. The van der Waals surface area contributed by atoms with Crippen molar-refractivity contribution in [3.05, 3.63) is 36.7 Å². The van der Waals surface area contributed by atoms with Crippen LogP contribution in [0.1, 0.15) is 51.9 Å². The van der Waals surface area contributed by atoms with E-state index in [2.05, 4.69) is 26.4 Å². The molecule has 0 saturated carbocycles. The summed E-state index contributed by atoms with van der Waals surface area (Å²) in [7, 11) is 0. The highest BCUT2D eigenvalue weighted by Gasteiger charge is 2.90. The monoisotopic (exact) mass is 790 g/mol. The van der Waals surface area contributed by atoms with Gasteiger partial charge in [0.2, 0.25) is 0 Å². The zero-order valence-corrected chi connectivity index (χ0v) is 26.3. The molecule has 0 aliphatic heterocycles. The maximum atomic E-state index is 14.9. The van der Waals surface area contributed by atoms with Gasteiger partial charge in [0.1, 0.15) is 5.75 Å². The minimum Gasteiger partial charge on any atom is -0.490 e. The Labute approximate surface area is 282 Å². The fraction of sp³-hybridized carbons (Fsp3) is 0.621. The predicted molar refractivity (Wildman–Crippen MR) is 143 cm³/mol. The molecule has 1 unspecified atom stereocenters. The Kier molecular flexibility index (Phi) is 13.7. The van der Waals surface area contributed by atoms with Gasteiger partial charge in [0.15, 0.2) is 11.6 Å². The smallest absolute Gasteiger partial charge is 0.472 e. The highest BCUT2D eigenvalue weighted by molar-refractivity contribution is 5.79. The lowest BCUT2D eigenvalue weighted by atomic mass is 9.93. The van der Waals surface area contributed by atoms with Crippen molar-refractivity contribution >= 4 is 5.97 Å². The number of ether oxygens (including phenoxy) is 3. The van der Waals surface area contributed by atoms with E-state index in [1.165, 1.54) is 12.4 Å². The summed E-state index contributed by atoms with van der Waals surface area (Å²) in [5.74, 6) is -48.9. The van der Waals surface area contributed by atoms with E-state index in [1.54, 1.807) is 0 Å². The van der Waals surface area contributed by atoms with Crippen LogP contribution in [-0.4, -0.2) is 77.0 Å². The average molecular weight is 791 g/mol. The van der Waals surface area contributed by atoms with Crippen molar-refractivity contribution in [3.8, 4) is 22.9 Å². The molecular weight excluding hydrogens is 763 g/mol. The SMILES string of the molecule is CCCCCCCCOc1cnc(-c2ccc(OC(F)(C(=O)OCCC(F)(F)C(F)(F)C(F)(F)C(F)(F)C(F)(F)C(F)(F)F)C(F)(F)F)cc2)nc1. The van der Waals surface area contributed by atoms with E-state index < -0.39 is 72.6 Å². The number of alkyl halides is 17. The van der Waals surface area contributed by atoms with Crippen LogP contribution < -0.4 is 9.47 Å². The summed E-state index contributed by atoms with van der Waals surface area (Å²) in [5, 5.41) is 0. The molecular formula is C29H27F17N2O4. The van der Waals surface area contributed by atoms with Gasteiger partial charge in [0.05, 0.1) is 32.0 Å². The largest absolute Gasteiger partial charge is 0.490 e. The molecule has 0 aliphatic rings. The number of carbonyl (C=O) groups is 1. The van der Waals surface area contributed by atoms with E-state index in [4.69, 9.17) is 4.74 Å². The van der Waals surface area contributed by atoms with Crippen molar-refractivity contribution in [3.63, 3.8) is 0 Å². The Morgan fingerprint density at radius 3 is 1.60 bits per heavy atom. The maximum Gasteiger partial charge on any atom is 0.472 e. The van der Waals surface area contributed by atoms with E-state index in [0.717, 1.165) is 50.7 Å². The molecule has 0 N–H and O–H groups in total. The molecule has 52 heavy (non-hydrogen) atoms. The highest BCUT2D eigenvalue weighted by atomic mass is 19.4. The standard InChI is InChI=1S/C29H27F17N2O4/c1-2-3-4-5-6-7-13-50-19-15-47-20(48-16-19)17-8-10-18(11-9-17)52-23(32,28(41,42)43)21(49)51-14-12-22(30,31)24(33,34)25(35,36)26(37,38)27(39,40)29(44,45)46/h8-11,15-16H,2-7,12-14H2,1H3. The van der Waals surface area contributed by atoms with Crippen LogP contribution >= 0.6 is 0 Å². The Hall–Kier alpha value is -3.82. The van der Waals surface area contributed by atoms with Gasteiger partial charge in [-0.2, -0.15) is 74.6 Å². The van der Waals surface area contributed by atoms with Gasteiger partial charge in [-0.15, -0.1) is 0 Å². The average Bonchev–Trinajstić information content (AvgIpc) is 3.03. The van der Waals surface area contributed by atoms with Gasteiger partial charge >= 0.3 is 53.8 Å². The molecule has 1 heterocycles. The number of hydrogen-bond acceptors (Lipinski definition) is 6. The van der Waals surface area contributed by atoms with Crippen molar-refractivity contribution in [1.29, 1.82) is 0 Å². The third kappa shape index (κ3) is 9.21. The van der Waals surface area contributed by atoms with E-state index >= 15 is 0 Å². The minimum absolute atomic E-state index is 0.0385. The van der Waals surface area contributed by atoms with Crippen LogP contribution in [0.5, 0.6) is 11.5 Å². The van der Waals surface area contributed by atoms with Crippen molar-refractivity contribution in [2.45, 2.75) is 99.7 Å². The fourth-order valence-corrected chi connectivity index (χ4v) is 3.99. The van der Waals surface area contributed by atoms with E-state index in [0.29, 0.717) is 18.7 Å². The first-order valence-electron chi connectivity index (χ1n) is 14.7. The molecule has 6 nitrogen and oxygen atoms in total. The number of halogens is 17. The quantitative estimate of drug-likeness (QED) is 0.0802. The lowest BCUT2D eigenvalue weighted by molar-refractivity contribution is -0.440. The van der Waals surface area contributed by atoms with E-state index in [9.17, 15) is 79.4 Å². The molecule has 0 spiro atoms. The lowest BCUT2D eigenvalue weighted by Crippen LogP contribution is -2.70. The van der Waals surface area contributed by atoms with Crippen LogP contribution in [0.15, 0.2) is 36.7 Å².